The van der Waals surface area contributed by atoms with Crippen molar-refractivity contribution in [3.63, 3.8) is 0 Å². The van der Waals surface area contributed by atoms with Gasteiger partial charge in [0.25, 0.3) is 0 Å². The summed E-state index contributed by atoms with van der Waals surface area (Å²) in [5, 5.41) is 0. The van der Waals surface area contributed by atoms with E-state index in [1.54, 1.807) is 0 Å². The molecule has 0 saturated carbocycles. The Bertz CT molecular complexity index is 142. The normalized spacial score (nSPS) is 41.9. The van der Waals surface area contributed by atoms with Crippen molar-refractivity contribution in [1.29, 1.82) is 0 Å². The Kier molecular flexibility index (Phi) is 5.60. The number of rotatable bonds is 1. The smallest absolute Gasteiger partial charge is 0.0625 e. The molecule has 1 nitrogen and oxygen atoms in total. The SMILES string of the molecule is [B][C@H]1[CH-][C@@H](C)C([CH2-])(CC)CO1.[Y]. The van der Waals surface area contributed by atoms with Crippen molar-refractivity contribution in [2.45, 2.75) is 26.3 Å². The first-order valence-corrected chi connectivity index (χ1v) is 4.16. The molecule has 1 fully saturated rings. The van der Waals surface area contributed by atoms with Gasteiger partial charge in [-0.15, -0.1) is 0 Å². The third-order valence-corrected chi connectivity index (χ3v) is 2.71. The minimum atomic E-state index is -0.188. The fourth-order valence-corrected chi connectivity index (χ4v) is 1.36. The third-order valence-electron chi connectivity index (χ3n) is 2.71. The van der Waals surface area contributed by atoms with Crippen LogP contribution in [0.1, 0.15) is 20.3 Å². The first kappa shape index (κ1) is 13.1. The van der Waals surface area contributed by atoms with Gasteiger partial charge in [0.05, 0.1) is 7.85 Å². The molecular weight excluding hydrogens is 224 g/mol. The molecule has 0 aromatic carbocycles. The molecule has 0 N–H and O–H groups in total. The van der Waals surface area contributed by atoms with Crippen LogP contribution in [0.2, 0.25) is 0 Å². The maximum atomic E-state index is 5.60. The quantitative estimate of drug-likeness (QED) is 0.498. The first-order valence-electron chi connectivity index (χ1n) is 4.16. The third kappa shape index (κ3) is 2.82. The number of hydrogen-bond acceptors (Lipinski definition) is 1. The van der Waals surface area contributed by atoms with Crippen LogP contribution in [0.15, 0.2) is 0 Å². The predicted molar refractivity (Wildman–Crippen MR) is 47.0 cm³/mol. The maximum absolute atomic E-state index is 5.60. The number of ether oxygens (including phenoxy) is 1. The monoisotopic (exact) mass is 239 g/mol. The van der Waals surface area contributed by atoms with Gasteiger partial charge in [0.1, 0.15) is 0 Å². The minimum absolute atomic E-state index is 0. The molecule has 3 heteroatoms. The van der Waals surface area contributed by atoms with E-state index >= 15 is 0 Å². The summed E-state index contributed by atoms with van der Waals surface area (Å²) in [6, 6.07) is -0.188. The van der Waals surface area contributed by atoms with E-state index < -0.39 is 0 Å². The summed E-state index contributed by atoms with van der Waals surface area (Å²) >= 11 is 0. The van der Waals surface area contributed by atoms with Crippen LogP contribution in [-0.4, -0.2) is 20.5 Å². The Morgan fingerprint density at radius 2 is 2.33 bits per heavy atom. The largest absolute Gasteiger partial charge is 0.421 e. The summed E-state index contributed by atoms with van der Waals surface area (Å²) in [4.78, 5) is 0. The predicted octanol–water partition coefficient (Wildman–Crippen LogP) is 1.58. The molecule has 1 unspecified atom stereocenters. The molecule has 1 saturated heterocycles. The van der Waals surface area contributed by atoms with Crippen LogP contribution in [0.3, 0.4) is 0 Å². The molecule has 0 spiro atoms. The van der Waals surface area contributed by atoms with Crippen molar-refractivity contribution in [2.24, 2.45) is 11.3 Å². The van der Waals surface area contributed by atoms with Gasteiger partial charge in [-0.3, -0.25) is 0 Å². The van der Waals surface area contributed by atoms with Crippen molar-refractivity contribution in [1.82, 2.24) is 0 Å². The van der Waals surface area contributed by atoms with E-state index in [-0.39, 0.29) is 44.1 Å². The van der Waals surface area contributed by atoms with Crippen molar-refractivity contribution in [3.05, 3.63) is 13.3 Å². The molecule has 1 heterocycles. The molecule has 65 valence electrons. The zero-order valence-corrected chi connectivity index (χ0v) is 10.8. The summed E-state index contributed by atoms with van der Waals surface area (Å²) in [7, 11) is 5.60. The Labute approximate surface area is 102 Å². The topological polar surface area (TPSA) is 9.23 Å². The fraction of sp³-hybridized carbons (Fsp3) is 0.778. The van der Waals surface area contributed by atoms with Gasteiger partial charge >= 0.3 is 0 Å². The Hall–Kier alpha value is 1.13. The van der Waals surface area contributed by atoms with Gasteiger partial charge in [0.2, 0.25) is 0 Å². The second-order valence-corrected chi connectivity index (χ2v) is 3.47. The molecule has 3 radical (unpaired) electrons. The molecule has 0 bridgehead atoms. The summed E-state index contributed by atoms with van der Waals surface area (Å²) in [6.07, 6.45) is 3.07. The average Bonchev–Trinajstić information content (AvgIpc) is 1.98. The van der Waals surface area contributed by atoms with Crippen molar-refractivity contribution in [3.8, 4) is 0 Å². The van der Waals surface area contributed by atoms with E-state index in [9.17, 15) is 0 Å². The van der Waals surface area contributed by atoms with E-state index in [4.69, 9.17) is 12.6 Å². The zero-order valence-electron chi connectivity index (χ0n) is 7.92. The minimum Gasteiger partial charge on any atom is -0.421 e. The first-order chi connectivity index (χ1) is 5.08. The van der Waals surface area contributed by atoms with Crippen LogP contribution in [0.25, 0.3) is 0 Å². The van der Waals surface area contributed by atoms with E-state index in [0.29, 0.717) is 12.5 Å². The summed E-state index contributed by atoms with van der Waals surface area (Å²) in [5.41, 5.74) is 0.0515. The van der Waals surface area contributed by atoms with E-state index in [1.807, 2.05) is 6.42 Å². The van der Waals surface area contributed by atoms with Crippen LogP contribution in [0.4, 0.5) is 0 Å². The number of hydrogen-bond donors (Lipinski definition) is 0. The van der Waals surface area contributed by atoms with E-state index in [1.165, 1.54) is 0 Å². The van der Waals surface area contributed by atoms with Crippen molar-refractivity contribution >= 4 is 7.85 Å². The molecule has 3 atom stereocenters. The Morgan fingerprint density at radius 3 is 2.75 bits per heavy atom. The van der Waals surface area contributed by atoms with Gasteiger partial charge in [-0.25, -0.2) is 0 Å². The molecule has 12 heavy (non-hydrogen) atoms. The average molecular weight is 239 g/mol. The molecule has 1 aliphatic heterocycles. The fourth-order valence-electron chi connectivity index (χ4n) is 1.36. The molecule has 0 aromatic rings. The molecule has 1 aliphatic rings. The van der Waals surface area contributed by atoms with Gasteiger partial charge in [0, 0.05) is 39.3 Å². The molecule has 0 aromatic heterocycles. The zero-order chi connectivity index (χ0) is 8.48. The van der Waals surface area contributed by atoms with Crippen LogP contribution >= 0.6 is 0 Å². The van der Waals surface area contributed by atoms with Crippen LogP contribution in [-0.2, 0) is 37.4 Å². The van der Waals surface area contributed by atoms with Crippen molar-refractivity contribution in [2.75, 3.05) is 6.61 Å². The Balaban J connectivity index is 0.00000121. The maximum Gasteiger partial charge on any atom is 0.0625 e. The molecule has 1 rings (SSSR count). The summed E-state index contributed by atoms with van der Waals surface area (Å²) < 4.78 is 5.31. The van der Waals surface area contributed by atoms with Crippen LogP contribution in [0, 0.1) is 24.7 Å². The van der Waals surface area contributed by atoms with E-state index in [0.717, 1.165) is 6.42 Å². The second kappa shape index (κ2) is 5.12. The standard InChI is InChI=1S/C9H15BO.Y/c1-4-9(3)6-11-8(10)5-7(9)2;/h5,7-8H,3-4,6H2,1-2H3;/q-2;/t7-,8-,9?;/m1./s1. The summed E-state index contributed by atoms with van der Waals surface area (Å²) in [6.45, 7) is 9.12. The molecule has 0 aliphatic carbocycles. The second-order valence-electron chi connectivity index (χ2n) is 3.47. The van der Waals surface area contributed by atoms with Gasteiger partial charge in [-0.1, -0.05) is 26.3 Å². The Morgan fingerprint density at radius 1 is 1.75 bits per heavy atom. The van der Waals surface area contributed by atoms with Crippen LogP contribution in [0.5, 0.6) is 0 Å². The summed E-state index contributed by atoms with van der Waals surface area (Å²) in [5.74, 6) is 0.455. The van der Waals surface area contributed by atoms with Gasteiger partial charge in [0.15, 0.2) is 0 Å². The van der Waals surface area contributed by atoms with Crippen LogP contribution < -0.4 is 0 Å². The van der Waals surface area contributed by atoms with Gasteiger partial charge in [-0.05, 0) is 0 Å². The molecular formula is C9H15BOY-2. The van der Waals surface area contributed by atoms with Gasteiger partial charge in [-0.2, -0.15) is 11.3 Å². The molecule has 0 amide bonds. The van der Waals surface area contributed by atoms with E-state index in [2.05, 4.69) is 20.8 Å². The van der Waals surface area contributed by atoms with Crippen molar-refractivity contribution < 1.29 is 37.4 Å². The van der Waals surface area contributed by atoms with Gasteiger partial charge < -0.3 is 18.1 Å².